The smallest absolute Gasteiger partial charge is 0.233 e. The fourth-order valence-electron chi connectivity index (χ4n) is 3.17. The molecule has 2 heterocycles. The third-order valence-electron chi connectivity index (χ3n) is 4.74. The number of aromatic nitrogens is 1. The van der Waals surface area contributed by atoms with Gasteiger partial charge >= 0.3 is 0 Å². The van der Waals surface area contributed by atoms with Crippen LogP contribution in [0.5, 0.6) is 0 Å². The van der Waals surface area contributed by atoms with Gasteiger partial charge in [0.1, 0.15) is 0 Å². The van der Waals surface area contributed by atoms with Gasteiger partial charge in [-0.05, 0) is 24.3 Å². The second-order valence-corrected chi connectivity index (χ2v) is 8.58. The van der Waals surface area contributed by atoms with Crippen molar-refractivity contribution >= 4 is 15.7 Å². The van der Waals surface area contributed by atoms with E-state index in [4.69, 9.17) is 9.15 Å². The number of nitrogens with zero attached hydrogens (tertiary/aromatic N) is 2. The molecular formula is C21H23N3O4S. The van der Waals surface area contributed by atoms with E-state index in [1.54, 1.807) is 30.3 Å². The van der Waals surface area contributed by atoms with Crippen LogP contribution in [-0.4, -0.2) is 57.7 Å². The van der Waals surface area contributed by atoms with E-state index in [1.807, 2.05) is 30.3 Å². The monoisotopic (exact) mass is 413 g/mol. The SMILES string of the molecule is O=S(=O)(c1ccccc1)c1nc(-c2ccccc2)oc1NCCN1CCOCC1. The van der Waals surface area contributed by atoms with Gasteiger partial charge < -0.3 is 14.5 Å². The van der Waals surface area contributed by atoms with Crippen molar-refractivity contribution in [1.29, 1.82) is 0 Å². The van der Waals surface area contributed by atoms with E-state index >= 15 is 0 Å². The number of sulfone groups is 1. The van der Waals surface area contributed by atoms with Gasteiger partial charge in [0.05, 0.1) is 18.1 Å². The lowest BCUT2D eigenvalue weighted by Crippen LogP contribution is -2.39. The second kappa shape index (κ2) is 8.77. The summed E-state index contributed by atoms with van der Waals surface area (Å²) in [4.78, 5) is 6.79. The zero-order valence-corrected chi connectivity index (χ0v) is 16.8. The highest BCUT2D eigenvalue weighted by molar-refractivity contribution is 7.91. The first kappa shape index (κ1) is 19.6. The predicted octanol–water partition coefficient (Wildman–Crippen LogP) is 2.92. The van der Waals surface area contributed by atoms with Crippen molar-refractivity contribution in [3.8, 4) is 11.5 Å². The minimum absolute atomic E-state index is 0.0930. The van der Waals surface area contributed by atoms with Gasteiger partial charge in [0.15, 0.2) is 0 Å². The molecule has 1 saturated heterocycles. The van der Waals surface area contributed by atoms with Gasteiger partial charge in [-0.2, -0.15) is 4.98 Å². The quantitative estimate of drug-likeness (QED) is 0.637. The van der Waals surface area contributed by atoms with Crippen LogP contribution in [0.25, 0.3) is 11.5 Å². The minimum Gasteiger partial charge on any atom is -0.419 e. The van der Waals surface area contributed by atoms with Gasteiger partial charge in [-0.1, -0.05) is 36.4 Å². The van der Waals surface area contributed by atoms with Crippen LogP contribution in [0.1, 0.15) is 0 Å². The molecule has 1 N–H and O–H groups in total. The van der Waals surface area contributed by atoms with E-state index in [1.165, 1.54) is 0 Å². The van der Waals surface area contributed by atoms with E-state index in [2.05, 4.69) is 15.2 Å². The summed E-state index contributed by atoms with van der Waals surface area (Å²) >= 11 is 0. The van der Waals surface area contributed by atoms with Crippen LogP contribution in [0.15, 0.2) is 75.0 Å². The van der Waals surface area contributed by atoms with Crippen molar-refractivity contribution in [2.24, 2.45) is 0 Å². The summed E-state index contributed by atoms with van der Waals surface area (Å²) in [6.45, 7) is 4.46. The van der Waals surface area contributed by atoms with Crippen molar-refractivity contribution < 1.29 is 17.6 Å². The molecular weight excluding hydrogens is 390 g/mol. The van der Waals surface area contributed by atoms with Crippen molar-refractivity contribution in [3.63, 3.8) is 0 Å². The topological polar surface area (TPSA) is 84.7 Å². The number of ether oxygens (including phenoxy) is 1. The third kappa shape index (κ3) is 4.50. The Balaban J connectivity index is 1.62. The van der Waals surface area contributed by atoms with Crippen molar-refractivity contribution in [2.45, 2.75) is 9.92 Å². The lowest BCUT2D eigenvalue weighted by molar-refractivity contribution is 0.0398. The molecule has 1 aliphatic rings. The molecule has 0 radical (unpaired) electrons. The van der Waals surface area contributed by atoms with E-state index in [9.17, 15) is 8.42 Å². The molecule has 3 aromatic rings. The lowest BCUT2D eigenvalue weighted by Gasteiger charge is -2.26. The number of nitrogens with one attached hydrogen (secondary N) is 1. The highest BCUT2D eigenvalue weighted by Gasteiger charge is 2.28. The molecule has 8 heteroatoms. The Morgan fingerprint density at radius 1 is 0.966 bits per heavy atom. The number of benzene rings is 2. The van der Waals surface area contributed by atoms with Gasteiger partial charge in [-0.3, -0.25) is 4.90 Å². The molecule has 4 rings (SSSR count). The van der Waals surface area contributed by atoms with Crippen molar-refractivity contribution in [1.82, 2.24) is 9.88 Å². The molecule has 1 fully saturated rings. The van der Waals surface area contributed by atoms with Crippen LogP contribution < -0.4 is 5.32 Å². The first-order valence-corrected chi connectivity index (χ1v) is 11.0. The van der Waals surface area contributed by atoms with E-state index in [0.29, 0.717) is 19.8 Å². The van der Waals surface area contributed by atoms with Gasteiger partial charge in [0.25, 0.3) is 0 Å². The molecule has 1 aromatic heterocycles. The molecule has 0 aliphatic carbocycles. The van der Waals surface area contributed by atoms with Gasteiger partial charge in [0.2, 0.25) is 26.6 Å². The molecule has 1 aliphatic heterocycles. The number of oxazole rings is 1. The van der Waals surface area contributed by atoms with Crippen molar-refractivity contribution in [3.05, 3.63) is 60.7 Å². The zero-order chi connectivity index (χ0) is 20.1. The third-order valence-corrected chi connectivity index (χ3v) is 6.42. The molecule has 29 heavy (non-hydrogen) atoms. The predicted molar refractivity (Wildman–Crippen MR) is 110 cm³/mol. The summed E-state index contributed by atoms with van der Waals surface area (Å²) in [6, 6.07) is 17.5. The van der Waals surface area contributed by atoms with Gasteiger partial charge in [-0.15, -0.1) is 0 Å². The Hall–Kier alpha value is -2.68. The summed E-state index contributed by atoms with van der Waals surface area (Å²) in [7, 11) is -3.81. The van der Waals surface area contributed by atoms with E-state index < -0.39 is 9.84 Å². The summed E-state index contributed by atoms with van der Waals surface area (Å²) in [5.41, 5.74) is 0.721. The molecule has 0 spiro atoms. The number of hydrogen-bond donors (Lipinski definition) is 1. The summed E-state index contributed by atoms with van der Waals surface area (Å²) < 4.78 is 37.6. The molecule has 0 atom stereocenters. The standard InChI is InChI=1S/C21H23N3O4S/c25-29(26,18-9-5-2-6-10-18)21-20(22-11-12-24-13-15-27-16-14-24)28-19(23-21)17-7-3-1-4-8-17/h1-10,22H,11-16H2. The largest absolute Gasteiger partial charge is 0.419 e. The first-order valence-electron chi connectivity index (χ1n) is 9.55. The maximum absolute atomic E-state index is 13.2. The van der Waals surface area contributed by atoms with Crippen LogP contribution in [0, 0.1) is 0 Å². The fraction of sp³-hybridized carbons (Fsp3) is 0.286. The summed E-state index contributed by atoms with van der Waals surface area (Å²) in [5, 5.41) is 3.04. The van der Waals surface area contributed by atoms with Gasteiger partial charge in [0, 0.05) is 31.7 Å². The average molecular weight is 413 g/mol. The number of morpholine rings is 1. The average Bonchev–Trinajstić information content (AvgIpc) is 3.21. The van der Waals surface area contributed by atoms with Crippen LogP contribution >= 0.6 is 0 Å². The number of anilines is 1. The molecule has 0 saturated carbocycles. The first-order chi connectivity index (χ1) is 14.1. The van der Waals surface area contributed by atoms with Crippen LogP contribution in [0.2, 0.25) is 0 Å². The number of rotatable bonds is 7. The molecule has 2 aromatic carbocycles. The van der Waals surface area contributed by atoms with E-state index in [0.717, 1.165) is 25.2 Å². The highest BCUT2D eigenvalue weighted by atomic mass is 32.2. The van der Waals surface area contributed by atoms with Crippen LogP contribution in [-0.2, 0) is 14.6 Å². The molecule has 0 unspecified atom stereocenters. The normalized spacial score (nSPS) is 15.3. The van der Waals surface area contributed by atoms with Crippen molar-refractivity contribution in [2.75, 3.05) is 44.7 Å². The number of hydrogen-bond acceptors (Lipinski definition) is 7. The Bertz CT molecular complexity index is 1030. The van der Waals surface area contributed by atoms with Gasteiger partial charge in [-0.25, -0.2) is 8.42 Å². The maximum atomic E-state index is 13.2. The molecule has 0 bridgehead atoms. The Kier molecular flexibility index (Phi) is 5.94. The second-order valence-electron chi connectivity index (χ2n) is 6.72. The van der Waals surface area contributed by atoms with Crippen LogP contribution in [0.4, 0.5) is 5.88 Å². The molecule has 152 valence electrons. The highest BCUT2D eigenvalue weighted by Crippen LogP contribution is 2.32. The summed E-state index contributed by atoms with van der Waals surface area (Å²) in [6.07, 6.45) is 0. The molecule has 0 amide bonds. The Labute approximate surface area is 170 Å². The Morgan fingerprint density at radius 3 is 2.31 bits per heavy atom. The fourth-order valence-corrected chi connectivity index (χ4v) is 4.47. The molecule has 7 nitrogen and oxygen atoms in total. The van der Waals surface area contributed by atoms with E-state index in [-0.39, 0.29) is 21.7 Å². The Morgan fingerprint density at radius 2 is 1.62 bits per heavy atom. The zero-order valence-electron chi connectivity index (χ0n) is 16.0. The van der Waals surface area contributed by atoms with Crippen LogP contribution in [0.3, 0.4) is 0 Å². The maximum Gasteiger partial charge on any atom is 0.233 e. The lowest BCUT2D eigenvalue weighted by atomic mass is 10.2. The summed E-state index contributed by atoms with van der Waals surface area (Å²) in [5.74, 6) is 0.440. The minimum atomic E-state index is -3.81.